The quantitative estimate of drug-likeness (QED) is 0.877. The molecule has 0 saturated carbocycles. The number of ether oxygens (including phenoxy) is 1. The van der Waals surface area contributed by atoms with Gasteiger partial charge in [0.2, 0.25) is 0 Å². The van der Waals surface area contributed by atoms with Gasteiger partial charge in [-0.05, 0) is 18.2 Å². The van der Waals surface area contributed by atoms with E-state index in [1.165, 1.54) is 18.3 Å². The van der Waals surface area contributed by atoms with Gasteiger partial charge in [0.1, 0.15) is 11.4 Å². The van der Waals surface area contributed by atoms with Crippen LogP contribution in [0.4, 0.5) is 0 Å². The Hall–Kier alpha value is -2.93. The number of hydrogen-bond acceptors (Lipinski definition) is 5. The lowest BCUT2D eigenvalue weighted by Crippen LogP contribution is -2.48. The van der Waals surface area contributed by atoms with Crippen molar-refractivity contribution in [3.8, 4) is 5.75 Å². The third-order valence-electron chi connectivity index (χ3n) is 4.23. The van der Waals surface area contributed by atoms with Crippen LogP contribution in [0.25, 0.3) is 0 Å². The highest BCUT2D eigenvalue weighted by Gasteiger charge is 2.30. The highest BCUT2D eigenvalue weighted by molar-refractivity contribution is 5.95. The molecule has 1 amide bonds. The van der Waals surface area contributed by atoms with Gasteiger partial charge in [0.25, 0.3) is 5.91 Å². The zero-order chi connectivity index (χ0) is 17.8. The standard InChI is InChI=1S/C18H19N3O4/c1-25-16-5-3-2-4-13(16)15-11-19-8-9-21(15)17(22)12-6-7-14(18(23)24)20-10-12/h2-7,10,15,19H,8-9,11H2,1H3,(H,23,24). The van der Waals surface area contributed by atoms with Crippen LogP contribution in [0.15, 0.2) is 42.6 Å². The number of carboxylic acids is 1. The van der Waals surface area contributed by atoms with Crippen LogP contribution in [0.5, 0.6) is 5.75 Å². The minimum absolute atomic E-state index is 0.0851. The van der Waals surface area contributed by atoms with E-state index in [1.54, 1.807) is 12.0 Å². The second-order valence-electron chi connectivity index (χ2n) is 5.70. The topological polar surface area (TPSA) is 91.8 Å². The maximum Gasteiger partial charge on any atom is 0.354 e. The molecule has 130 valence electrons. The molecule has 7 nitrogen and oxygen atoms in total. The number of para-hydroxylation sites is 1. The summed E-state index contributed by atoms with van der Waals surface area (Å²) in [5, 5.41) is 12.2. The largest absolute Gasteiger partial charge is 0.496 e. The van der Waals surface area contributed by atoms with Crippen LogP contribution in [0.2, 0.25) is 0 Å². The van der Waals surface area contributed by atoms with E-state index in [0.29, 0.717) is 25.2 Å². The Bertz CT molecular complexity index is 776. The summed E-state index contributed by atoms with van der Waals surface area (Å²) in [7, 11) is 1.61. The number of nitrogens with one attached hydrogen (secondary N) is 1. The maximum atomic E-state index is 12.9. The second-order valence-corrected chi connectivity index (χ2v) is 5.70. The van der Waals surface area contributed by atoms with E-state index in [4.69, 9.17) is 9.84 Å². The van der Waals surface area contributed by atoms with Gasteiger partial charge in [-0.3, -0.25) is 4.79 Å². The van der Waals surface area contributed by atoms with Crippen molar-refractivity contribution in [2.24, 2.45) is 0 Å². The fourth-order valence-electron chi connectivity index (χ4n) is 2.98. The third-order valence-corrected chi connectivity index (χ3v) is 4.23. The number of hydrogen-bond donors (Lipinski definition) is 2. The molecule has 1 unspecified atom stereocenters. The first-order chi connectivity index (χ1) is 12.1. The number of benzene rings is 1. The van der Waals surface area contributed by atoms with Crippen molar-refractivity contribution < 1.29 is 19.4 Å². The van der Waals surface area contributed by atoms with Gasteiger partial charge in [-0.2, -0.15) is 0 Å². The fourth-order valence-corrected chi connectivity index (χ4v) is 2.98. The predicted molar refractivity (Wildman–Crippen MR) is 90.8 cm³/mol. The Morgan fingerprint density at radius 3 is 2.76 bits per heavy atom. The highest BCUT2D eigenvalue weighted by Crippen LogP contribution is 2.31. The number of pyridine rings is 1. The molecule has 2 N–H and O–H groups in total. The van der Waals surface area contributed by atoms with Crippen LogP contribution in [0, 0.1) is 0 Å². The Morgan fingerprint density at radius 1 is 1.28 bits per heavy atom. The summed E-state index contributed by atoms with van der Waals surface area (Å²) < 4.78 is 5.43. The van der Waals surface area contributed by atoms with Gasteiger partial charge in [0, 0.05) is 31.4 Å². The zero-order valence-corrected chi connectivity index (χ0v) is 13.8. The van der Waals surface area contributed by atoms with E-state index in [9.17, 15) is 9.59 Å². The minimum atomic E-state index is -1.12. The number of aromatic carboxylic acids is 1. The summed E-state index contributed by atoms with van der Waals surface area (Å²) in [4.78, 5) is 29.5. The SMILES string of the molecule is COc1ccccc1C1CNCCN1C(=O)c1ccc(C(=O)O)nc1. The van der Waals surface area contributed by atoms with Gasteiger partial charge in [-0.1, -0.05) is 18.2 Å². The van der Waals surface area contributed by atoms with Gasteiger partial charge in [0.15, 0.2) is 0 Å². The van der Waals surface area contributed by atoms with E-state index in [2.05, 4.69) is 10.3 Å². The maximum absolute atomic E-state index is 12.9. The monoisotopic (exact) mass is 341 g/mol. The molecular weight excluding hydrogens is 322 g/mol. The molecule has 0 spiro atoms. The molecule has 1 fully saturated rings. The Labute approximate surface area is 145 Å². The summed E-state index contributed by atoms with van der Waals surface area (Å²) in [6.45, 7) is 1.85. The summed E-state index contributed by atoms with van der Waals surface area (Å²) in [6.07, 6.45) is 1.31. The molecular formula is C18H19N3O4. The van der Waals surface area contributed by atoms with E-state index in [1.807, 2.05) is 24.3 Å². The smallest absolute Gasteiger partial charge is 0.354 e. The molecule has 3 rings (SSSR count). The minimum Gasteiger partial charge on any atom is -0.496 e. The first kappa shape index (κ1) is 16.9. The lowest BCUT2D eigenvalue weighted by molar-refractivity contribution is 0.0627. The van der Waals surface area contributed by atoms with Crippen molar-refractivity contribution in [3.05, 3.63) is 59.4 Å². The molecule has 1 aliphatic rings. The van der Waals surface area contributed by atoms with Crippen LogP contribution in [0.3, 0.4) is 0 Å². The molecule has 1 aromatic heterocycles. The van der Waals surface area contributed by atoms with Crippen LogP contribution in [-0.4, -0.2) is 53.6 Å². The van der Waals surface area contributed by atoms with Crippen molar-refractivity contribution in [3.63, 3.8) is 0 Å². The van der Waals surface area contributed by atoms with Crippen molar-refractivity contribution >= 4 is 11.9 Å². The van der Waals surface area contributed by atoms with Crippen molar-refractivity contribution in [1.29, 1.82) is 0 Å². The normalized spacial score (nSPS) is 17.2. The summed E-state index contributed by atoms with van der Waals surface area (Å²) in [5.41, 5.74) is 1.21. The average molecular weight is 341 g/mol. The summed E-state index contributed by atoms with van der Waals surface area (Å²) in [6, 6.07) is 10.3. The molecule has 0 radical (unpaired) electrons. The molecule has 25 heavy (non-hydrogen) atoms. The van der Waals surface area contributed by atoms with Crippen molar-refractivity contribution in [2.75, 3.05) is 26.7 Å². The number of aromatic nitrogens is 1. The van der Waals surface area contributed by atoms with Crippen molar-refractivity contribution in [2.45, 2.75) is 6.04 Å². The number of nitrogens with zero attached hydrogens (tertiary/aromatic N) is 2. The van der Waals surface area contributed by atoms with Crippen LogP contribution in [0.1, 0.15) is 32.5 Å². The number of carboxylic acid groups (broad SMARTS) is 1. The Balaban J connectivity index is 1.90. The van der Waals surface area contributed by atoms with E-state index in [0.717, 1.165) is 11.3 Å². The van der Waals surface area contributed by atoms with Crippen LogP contribution >= 0.6 is 0 Å². The number of rotatable bonds is 4. The molecule has 1 aliphatic heterocycles. The van der Waals surface area contributed by atoms with Gasteiger partial charge >= 0.3 is 5.97 Å². The van der Waals surface area contributed by atoms with E-state index in [-0.39, 0.29) is 17.6 Å². The highest BCUT2D eigenvalue weighted by atomic mass is 16.5. The van der Waals surface area contributed by atoms with Gasteiger partial charge in [-0.25, -0.2) is 9.78 Å². The average Bonchev–Trinajstić information content (AvgIpc) is 2.67. The second kappa shape index (κ2) is 7.31. The molecule has 1 atom stereocenters. The molecule has 2 heterocycles. The number of methoxy groups -OCH3 is 1. The van der Waals surface area contributed by atoms with Gasteiger partial charge < -0.3 is 20.1 Å². The Morgan fingerprint density at radius 2 is 2.08 bits per heavy atom. The number of piperazine rings is 1. The lowest BCUT2D eigenvalue weighted by Gasteiger charge is -2.37. The summed E-state index contributed by atoms with van der Waals surface area (Å²) >= 11 is 0. The van der Waals surface area contributed by atoms with E-state index >= 15 is 0 Å². The third kappa shape index (κ3) is 3.46. The molecule has 7 heteroatoms. The van der Waals surface area contributed by atoms with Gasteiger partial charge in [-0.15, -0.1) is 0 Å². The molecule has 0 aliphatic carbocycles. The number of carbonyl (C=O) groups excluding carboxylic acids is 1. The number of amides is 1. The molecule has 0 bridgehead atoms. The lowest BCUT2D eigenvalue weighted by atomic mass is 10.0. The number of carbonyl (C=O) groups is 2. The fraction of sp³-hybridized carbons (Fsp3) is 0.278. The zero-order valence-electron chi connectivity index (χ0n) is 13.8. The van der Waals surface area contributed by atoms with Crippen molar-refractivity contribution in [1.82, 2.24) is 15.2 Å². The first-order valence-electron chi connectivity index (χ1n) is 7.95. The predicted octanol–water partition coefficient (Wildman–Crippen LogP) is 1.58. The van der Waals surface area contributed by atoms with Gasteiger partial charge in [0.05, 0.1) is 18.7 Å². The van der Waals surface area contributed by atoms with Crippen LogP contribution in [-0.2, 0) is 0 Å². The Kier molecular flexibility index (Phi) is 4.95. The summed E-state index contributed by atoms with van der Waals surface area (Å²) in [5.74, 6) is -0.566. The molecule has 2 aromatic rings. The van der Waals surface area contributed by atoms with Crippen LogP contribution < -0.4 is 10.1 Å². The molecule has 1 aromatic carbocycles. The molecule has 1 saturated heterocycles. The first-order valence-corrected chi connectivity index (χ1v) is 7.95. The van der Waals surface area contributed by atoms with E-state index < -0.39 is 5.97 Å².